The average molecular weight is 274 g/mol. The van der Waals surface area contributed by atoms with Gasteiger partial charge in [-0.2, -0.15) is 0 Å². The summed E-state index contributed by atoms with van der Waals surface area (Å²) in [5.41, 5.74) is 3.80. The first-order valence-electron chi connectivity index (χ1n) is 7.58. The molecule has 20 heavy (non-hydrogen) atoms. The Kier molecular flexibility index (Phi) is 23.3. The van der Waals surface area contributed by atoms with Crippen LogP contribution in [0.15, 0.2) is 54.6 Å². The molecule has 0 saturated carbocycles. The monoisotopic (exact) mass is 274 g/mol. The van der Waals surface area contributed by atoms with Crippen LogP contribution in [0.25, 0.3) is 6.08 Å². The molecule has 0 aliphatic heterocycles. The Morgan fingerprint density at radius 1 is 0.950 bits per heavy atom. The van der Waals surface area contributed by atoms with Gasteiger partial charge in [0.1, 0.15) is 0 Å². The lowest BCUT2D eigenvalue weighted by Crippen LogP contribution is -1.71. The summed E-state index contributed by atoms with van der Waals surface area (Å²) in [7, 11) is 0. The third-order valence-corrected chi connectivity index (χ3v) is 2.20. The van der Waals surface area contributed by atoms with E-state index >= 15 is 0 Å². The van der Waals surface area contributed by atoms with Crippen molar-refractivity contribution in [1.29, 1.82) is 0 Å². The van der Waals surface area contributed by atoms with Crippen LogP contribution in [-0.4, -0.2) is 0 Å². The van der Waals surface area contributed by atoms with Crippen molar-refractivity contribution in [3.05, 3.63) is 65.8 Å². The van der Waals surface area contributed by atoms with Gasteiger partial charge in [-0.1, -0.05) is 94.0 Å². The van der Waals surface area contributed by atoms with Crippen molar-refractivity contribution in [2.24, 2.45) is 0 Å². The minimum absolute atomic E-state index is 1.18. The van der Waals surface area contributed by atoms with Gasteiger partial charge in [0.05, 0.1) is 0 Å². The van der Waals surface area contributed by atoms with Crippen LogP contribution in [-0.2, 0) is 0 Å². The van der Waals surface area contributed by atoms with Crippen LogP contribution in [0.4, 0.5) is 0 Å². The summed E-state index contributed by atoms with van der Waals surface area (Å²) in [5.74, 6) is 0. The first-order valence-corrected chi connectivity index (χ1v) is 7.58. The van der Waals surface area contributed by atoms with Crippen LogP contribution in [0.1, 0.15) is 59.6 Å². The second-order valence-electron chi connectivity index (χ2n) is 3.65. The molecule has 1 aromatic rings. The Morgan fingerprint density at radius 3 is 1.65 bits per heavy atom. The fourth-order valence-corrected chi connectivity index (χ4v) is 1.06. The molecular formula is C20H34. The van der Waals surface area contributed by atoms with E-state index in [0.717, 1.165) is 0 Å². The molecular weight excluding hydrogens is 240 g/mol. The van der Waals surface area contributed by atoms with E-state index in [0.29, 0.717) is 0 Å². The average Bonchev–Trinajstić information content (AvgIpc) is 2.53. The molecule has 0 heterocycles. The van der Waals surface area contributed by atoms with Gasteiger partial charge in [0.15, 0.2) is 0 Å². The van der Waals surface area contributed by atoms with E-state index in [2.05, 4.69) is 56.8 Å². The highest BCUT2D eigenvalue weighted by Gasteiger charge is 1.82. The van der Waals surface area contributed by atoms with Crippen LogP contribution in [0.5, 0.6) is 0 Å². The van der Waals surface area contributed by atoms with E-state index in [-0.39, 0.29) is 0 Å². The van der Waals surface area contributed by atoms with Crippen molar-refractivity contribution in [1.82, 2.24) is 0 Å². The van der Waals surface area contributed by atoms with Crippen molar-refractivity contribution in [2.75, 3.05) is 0 Å². The van der Waals surface area contributed by atoms with Crippen LogP contribution in [0, 0.1) is 6.92 Å². The molecule has 0 aliphatic carbocycles. The minimum atomic E-state index is 1.18. The van der Waals surface area contributed by atoms with Gasteiger partial charge in [-0.25, -0.2) is 0 Å². The lowest BCUT2D eigenvalue weighted by atomic mass is 10.2. The molecule has 0 amide bonds. The summed E-state index contributed by atoms with van der Waals surface area (Å²) in [6.45, 7) is 19.9. The normalized spacial score (nSPS) is 9.30. The standard InChI is InChI=1S/C9H10.C7H12.2C2H6/c1-3-9-6-4-8(2)5-7-9;1-4-6-7(3)5-2;2*1-2/h3-7H,1H2,2H3;4-6H,1-3H3;2*1-2H3/b;6-4-,7-5-;;. The van der Waals surface area contributed by atoms with E-state index in [4.69, 9.17) is 0 Å². The van der Waals surface area contributed by atoms with Gasteiger partial charge in [0, 0.05) is 0 Å². The van der Waals surface area contributed by atoms with Gasteiger partial charge in [-0.3, -0.25) is 0 Å². The van der Waals surface area contributed by atoms with E-state index in [9.17, 15) is 0 Å². The first-order chi connectivity index (χ1) is 9.63. The summed E-state index contributed by atoms with van der Waals surface area (Å²) in [6.07, 6.45) is 8.05. The predicted octanol–water partition coefficient (Wildman–Crippen LogP) is 7.22. The zero-order valence-corrected chi connectivity index (χ0v) is 14.8. The molecule has 0 heteroatoms. The topological polar surface area (TPSA) is 0 Å². The molecule has 0 bridgehead atoms. The van der Waals surface area contributed by atoms with Crippen molar-refractivity contribution < 1.29 is 0 Å². The smallest absolute Gasteiger partial charge is 0.0262 e. The second kappa shape index (κ2) is 19.8. The maximum Gasteiger partial charge on any atom is -0.0262 e. The highest BCUT2D eigenvalue weighted by molar-refractivity contribution is 5.46. The number of aryl methyl sites for hydroxylation is 1. The highest BCUT2D eigenvalue weighted by Crippen LogP contribution is 2.02. The zero-order valence-electron chi connectivity index (χ0n) is 14.8. The number of rotatable bonds is 2. The molecule has 0 aliphatic rings. The van der Waals surface area contributed by atoms with E-state index in [1.54, 1.807) is 0 Å². The van der Waals surface area contributed by atoms with Gasteiger partial charge in [0.2, 0.25) is 0 Å². The molecule has 0 saturated heterocycles. The Hall–Kier alpha value is -1.56. The Morgan fingerprint density at radius 2 is 1.40 bits per heavy atom. The first kappa shape index (κ1) is 23.5. The molecule has 0 unspecified atom stereocenters. The molecule has 1 rings (SSSR count). The Balaban J connectivity index is -0.000000236. The highest BCUT2D eigenvalue weighted by atomic mass is 13.9. The lowest BCUT2D eigenvalue weighted by molar-refractivity contribution is 1.46. The van der Waals surface area contributed by atoms with Crippen LogP contribution >= 0.6 is 0 Å². The SMILES string of the molecule is C/C=C\C(C)=C/C.C=Cc1ccc(C)cc1.CC.CC. The van der Waals surface area contributed by atoms with Crippen molar-refractivity contribution in [2.45, 2.75) is 55.4 Å². The van der Waals surface area contributed by atoms with E-state index in [1.165, 1.54) is 16.7 Å². The summed E-state index contributed by atoms with van der Waals surface area (Å²) in [5, 5.41) is 0. The maximum absolute atomic E-state index is 3.66. The number of allylic oxidation sites excluding steroid dienone is 4. The van der Waals surface area contributed by atoms with Gasteiger partial charge in [0.25, 0.3) is 0 Å². The minimum Gasteiger partial charge on any atom is -0.0985 e. The quantitative estimate of drug-likeness (QED) is 0.499. The summed E-state index contributed by atoms with van der Waals surface area (Å²) < 4.78 is 0. The lowest BCUT2D eigenvalue weighted by Gasteiger charge is -1.91. The second-order valence-corrected chi connectivity index (χ2v) is 3.65. The number of hydrogen-bond acceptors (Lipinski definition) is 0. The zero-order chi connectivity index (χ0) is 16.4. The van der Waals surface area contributed by atoms with Gasteiger partial charge < -0.3 is 0 Å². The molecule has 1 aromatic carbocycles. The Labute approximate surface area is 127 Å². The van der Waals surface area contributed by atoms with Crippen LogP contribution in [0.2, 0.25) is 0 Å². The van der Waals surface area contributed by atoms with Crippen molar-refractivity contribution in [3.63, 3.8) is 0 Å². The summed E-state index contributed by atoms with van der Waals surface area (Å²) in [6, 6.07) is 8.28. The predicted molar refractivity (Wildman–Crippen MR) is 98.2 cm³/mol. The molecule has 0 radical (unpaired) electrons. The van der Waals surface area contributed by atoms with Gasteiger partial charge >= 0.3 is 0 Å². The van der Waals surface area contributed by atoms with Crippen molar-refractivity contribution >= 4 is 6.08 Å². The van der Waals surface area contributed by atoms with E-state index < -0.39 is 0 Å². The van der Waals surface area contributed by atoms with Crippen LogP contribution < -0.4 is 0 Å². The molecule has 114 valence electrons. The van der Waals surface area contributed by atoms with Crippen LogP contribution in [0.3, 0.4) is 0 Å². The van der Waals surface area contributed by atoms with Gasteiger partial charge in [-0.05, 0) is 33.3 Å². The molecule has 0 fully saturated rings. The third kappa shape index (κ3) is 16.4. The molecule has 0 aromatic heterocycles. The largest absolute Gasteiger partial charge is 0.0985 e. The maximum atomic E-state index is 3.66. The summed E-state index contributed by atoms with van der Waals surface area (Å²) in [4.78, 5) is 0. The fraction of sp³-hybridized carbons (Fsp3) is 0.400. The van der Waals surface area contributed by atoms with Crippen molar-refractivity contribution in [3.8, 4) is 0 Å². The van der Waals surface area contributed by atoms with E-state index in [1.807, 2.05) is 53.7 Å². The molecule has 0 atom stereocenters. The third-order valence-electron chi connectivity index (χ3n) is 2.20. The molecule has 0 N–H and O–H groups in total. The molecule has 0 nitrogen and oxygen atoms in total. The van der Waals surface area contributed by atoms with Gasteiger partial charge in [-0.15, -0.1) is 0 Å². The molecule has 0 spiro atoms. The Bertz CT molecular complexity index is 350. The summed E-state index contributed by atoms with van der Waals surface area (Å²) >= 11 is 0. The fourth-order valence-electron chi connectivity index (χ4n) is 1.06. The number of benzene rings is 1. The number of hydrogen-bond donors (Lipinski definition) is 0.